The summed E-state index contributed by atoms with van der Waals surface area (Å²) in [4.78, 5) is 12.2. The Balaban J connectivity index is 2.06. The van der Waals surface area contributed by atoms with Crippen molar-refractivity contribution >= 4 is 17.4 Å². The van der Waals surface area contributed by atoms with Crippen LogP contribution in [-0.2, 0) is 0 Å². The summed E-state index contributed by atoms with van der Waals surface area (Å²) in [5, 5.41) is 14.1. The fourth-order valence-electron chi connectivity index (χ4n) is 2.13. The molecule has 2 N–H and O–H groups in total. The Bertz CT molecular complexity index is 632. The number of amides is 1. The number of nitrogens with zero attached hydrogens (tertiary/aromatic N) is 2. The summed E-state index contributed by atoms with van der Waals surface area (Å²) in [6.07, 6.45) is 0.997. The van der Waals surface area contributed by atoms with Crippen molar-refractivity contribution in [2.24, 2.45) is 0 Å². The lowest BCUT2D eigenvalue weighted by atomic mass is 10.1. The topological polar surface area (TPSA) is 66.9 Å². The molecule has 0 aliphatic rings. The van der Waals surface area contributed by atoms with E-state index in [1.165, 1.54) is 0 Å². The molecule has 22 heavy (non-hydrogen) atoms. The molecule has 5 nitrogen and oxygen atoms in total. The molecule has 0 bridgehead atoms. The Morgan fingerprint density at radius 3 is 2.36 bits per heavy atom. The Kier molecular flexibility index (Phi) is 5.09. The summed E-state index contributed by atoms with van der Waals surface area (Å²) in [7, 11) is 0. The largest absolute Gasteiger partial charge is 0.366 e. The maximum absolute atomic E-state index is 12.2. The van der Waals surface area contributed by atoms with Crippen LogP contribution >= 0.6 is 0 Å². The SMILES string of the molecule is CCC(C)Nc1ccc(C(=O)Nc2cc(C)cc(C)c2)nn1. The predicted octanol–water partition coefficient (Wildman–Crippen LogP) is 3.56. The highest BCUT2D eigenvalue weighted by atomic mass is 16.1. The highest BCUT2D eigenvalue weighted by Crippen LogP contribution is 2.15. The number of hydrogen-bond donors (Lipinski definition) is 2. The average molecular weight is 298 g/mol. The second-order valence-corrected chi connectivity index (χ2v) is 5.59. The number of rotatable bonds is 5. The molecule has 2 rings (SSSR count). The summed E-state index contributed by atoms with van der Waals surface area (Å²) in [5.41, 5.74) is 3.28. The van der Waals surface area contributed by atoms with Gasteiger partial charge in [-0.2, -0.15) is 0 Å². The van der Waals surface area contributed by atoms with Crippen molar-refractivity contribution < 1.29 is 4.79 Å². The number of aromatic nitrogens is 2. The van der Waals surface area contributed by atoms with Crippen LogP contribution in [0.4, 0.5) is 11.5 Å². The van der Waals surface area contributed by atoms with Crippen molar-refractivity contribution in [3.05, 3.63) is 47.2 Å². The first kappa shape index (κ1) is 15.9. The first-order chi connectivity index (χ1) is 10.5. The van der Waals surface area contributed by atoms with Crippen molar-refractivity contribution in [3.63, 3.8) is 0 Å². The van der Waals surface area contributed by atoms with Gasteiger partial charge in [0.2, 0.25) is 0 Å². The zero-order valence-electron chi connectivity index (χ0n) is 13.5. The van der Waals surface area contributed by atoms with E-state index in [-0.39, 0.29) is 5.91 Å². The summed E-state index contributed by atoms with van der Waals surface area (Å²) < 4.78 is 0. The molecule has 1 aromatic heterocycles. The molecule has 0 aliphatic heterocycles. The van der Waals surface area contributed by atoms with E-state index in [1.54, 1.807) is 12.1 Å². The summed E-state index contributed by atoms with van der Waals surface area (Å²) in [6.45, 7) is 8.16. The van der Waals surface area contributed by atoms with Crippen LogP contribution in [0.1, 0.15) is 41.9 Å². The average Bonchev–Trinajstić information content (AvgIpc) is 2.46. The minimum Gasteiger partial charge on any atom is -0.366 e. The van der Waals surface area contributed by atoms with Gasteiger partial charge in [-0.3, -0.25) is 4.79 Å². The molecule has 1 atom stereocenters. The van der Waals surface area contributed by atoms with Crippen LogP contribution in [0.25, 0.3) is 0 Å². The van der Waals surface area contributed by atoms with Gasteiger partial charge in [0, 0.05) is 11.7 Å². The number of carbonyl (C=O) groups is 1. The standard InChI is InChI=1S/C17H22N4O/c1-5-13(4)18-16-7-6-15(20-21-16)17(22)19-14-9-11(2)8-12(3)10-14/h6-10,13H,5H2,1-4H3,(H,18,21)(H,19,22). The van der Waals surface area contributed by atoms with Gasteiger partial charge in [-0.25, -0.2) is 0 Å². The molecule has 0 aliphatic carbocycles. The van der Waals surface area contributed by atoms with Gasteiger partial charge in [0.1, 0.15) is 5.82 Å². The number of benzene rings is 1. The van der Waals surface area contributed by atoms with Gasteiger partial charge in [-0.05, 0) is 62.6 Å². The monoisotopic (exact) mass is 298 g/mol. The predicted molar refractivity (Wildman–Crippen MR) is 89.3 cm³/mol. The molecule has 5 heteroatoms. The number of aryl methyl sites for hydroxylation is 2. The third-order valence-corrected chi connectivity index (χ3v) is 3.38. The lowest BCUT2D eigenvalue weighted by Gasteiger charge is -2.11. The van der Waals surface area contributed by atoms with Crippen molar-refractivity contribution in [1.82, 2.24) is 10.2 Å². The molecule has 0 radical (unpaired) electrons. The summed E-state index contributed by atoms with van der Waals surface area (Å²) >= 11 is 0. The van der Waals surface area contributed by atoms with Gasteiger partial charge in [0.25, 0.3) is 5.91 Å². The Hall–Kier alpha value is -2.43. The summed E-state index contributed by atoms with van der Waals surface area (Å²) in [6, 6.07) is 9.69. The lowest BCUT2D eigenvalue weighted by Crippen LogP contribution is -2.17. The van der Waals surface area contributed by atoms with Crippen LogP contribution in [0.3, 0.4) is 0 Å². The Morgan fingerprint density at radius 2 is 1.82 bits per heavy atom. The molecule has 0 fully saturated rings. The second-order valence-electron chi connectivity index (χ2n) is 5.59. The summed E-state index contributed by atoms with van der Waals surface area (Å²) in [5.74, 6) is 0.421. The van der Waals surface area contributed by atoms with E-state index in [2.05, 4.69) is 40.7 Å². The fourth-order valence-corrected chi connectivity index (χ4v) is 2.13. The minimum absolute atomic E-state index is 0.257. The molecule has 1 aromatic carbocycles. The molecule has 1 amide bonds. The highest BCUT2D eigenvalue weighted by molar-refractivity contribution is 6.02. The van der Waals surface area contributed by atoms with Gasteiger partial charge >= 0.3 is 0 Å². The van der Waals surface area contributed by atoms with E-state index in [9.17, 15) is 4.79 Å². The van der Waals surface area contributed by atoms with E-state index in [4.69, 9.17) is 0 Å². The van der Waals surface area contributed by atoms with Crippen LogP contribution in [0.5, 0.6) is 0 Å². The molecule has 1 heterocycles. The normalized spacial score (nSPS) is 11.8. The number of carbonyl (C=O) groups excluding carboxylic acids is 1. The molecular weight excluding hydrogens is 276 g/mol. The van der Waals surface area contributed by atoms with Gasteiger partial charge in [0.05, 0.1) is 0 Å². The minimum atomic E-state index is -0.257. The smallest absolute Gasteiger partial charge is 0.276 e. The molecule has 1 unspecified atom stereocenters. The first-order valence-corrected chi connectivity index (χ1v) is 7.48. The van der Waals surface area contributed by atoms with Crippen molar-refractivity contribution in [2.75, 3.05) is 10.6 Å². The highest BCUT2D eigenvalue weighted by Gasteiger charge is 2.10. The van der Waals surface area contributed by atoms with E-state index in [0.717, 1.165) is 23.2 Å². The molecule has 0 saturated carbocycles. The van der Waals surface area contributed by atoms with Crippen molar-refractivity contribution in [1.29, 1.82) is 0 Å². The zero-order valence-corrected chi connectivity index (χ0v) is 13.5. The molecule has 0 spiro atoms. The van der Waals surface area contributed by atoms with E-state index in [1.807, 2.05) is 26.0 Å². The lowest BCUT2D eigenvalue weighted by molar-refractivity contribution is 0.102. The third-order valence-electron chi connectivity index (χ3n) is 3.38. The maximum atomic E-state index is 12.2. The maximum Gasteiger partial charge on any atom is 0.276 e. The van der Waals surface area contributed by atoms with E-state index < -0.39 is 0 Å². The van der Waals surface area contributed by atoms with E-state index in [0.29, 0.717) is 17.6 Å². The Morgan fingerprint density at radius 1 is 1.14 bits per heavy atom. The van der Waals surface area contributed by atoms with Gasteiger partial charge < -0.3 is 10.6 Å². The number of hydrogen-bond acceptors (Lipinski definition) is 4. The van der Waals surface area contributed by atoms with Gasteiger partial charge in [-0.1, -0.05) is 13.0 Å². The quantitative estimate of drug-likeness (QED) is 0.885. The first-order valence-electron chi connectivity index (χ1n) is 7.48. The molecule has 116 valence electrons. The Labute approximate surface area is 131 Å². The van der Waals surface area contributed by atoms with Crippen LogP contribution in [0, 0.1) is 13.8 Å². The molecule has 2 aromatic rings. The van der Waals surface area contributed by atoms with Gasteiger partial charge in [0.15, 0.2) is 5.69 Å². The van der Waals surface area contributed by atoms with Crippen LogP contribution in [0.2, 0.25) is 0 Å². The second kappa shape index (κ2) is 7.02. The molecule has 0 saturated heterocycles. The third kappa shape index (κ3) is 4.28. The zero-order chi connectivity index (χ0) is 16.1. The van der Waals surface area contributed by atoms with Crippen LogP contribution in [-0.4, -0.2) is 22.1 Å². The number of nitrogens with one attached hydrogen (secondary N) is 2. The molecular formula is C17H22N4O. The van der Waals surface area contributed by atoms with Crippen LogP contribution < -0.4 is 10.6 Å². The van der Waals surface area contributed by atoms with Crippen LogP contribution in [0.15, 0.2) is 30.3 Å². The fraction of sp³-hybridized carbons (Fsp3) is 0.353. The van der Waals surface area contributed by atoms with E-state index >= 15 is 0 Å². The van der Waals surface area contributed by atoms with Crippen molar-refractivity contribution in [2.45, 2.75) is 40.2 Å². The number of anilines is 2. The van der Waals surface area contributed by atoms with Gasteiger partial charge in [-0.15, -0.1) is 10.2 Å². The van der Waals surface area contributed by atoms with Crippen molar-refractivity contribution in [3.8, 4) is 0 Å².